The lowest BCUT2D eigenvalue weighted by Gasteiger charge is -2.39. The topological polar surface area (TPSA) is 131 Å². The number of piperidine rings is 1. The Bertz CT molecular complexity index is 1770. The lowest BCUT2D eigenvalue weighted by atomic mass is 9.76. The number of carbonyl (C=O) groups is 1. The van der Waals surface area contributed by atoms with Crippen LogP contribution >= 0.6 is 0 Å². The van der Waals surface area contributed by atoms with Gasteiger partial charge < -0.3 is 25.8 Å². The van der Waals surface area contributed by atoms with Gasteiger partial charge in [-0.05, 0) is 79.5 Å². The third kappa shape index (κ3) is 6.34. The van der Waals surface area contributed by atoms with Crippen molar-refractivity contribution < 1.29 is 32.2 Å². The lowest BCUT2D eigenvalue weighted by Crippen LogP contribution is -2.41. The molecule has 10 nitrogen and oxygen atoms in total. The molecule has 4 aromatic rings. The van der Waals surface area contributed by atoms with Crippen LogP contribution in [0, 0.1) is 25.1 Å². The van der Waals surface area contributed by atoms with Gasteiger partial charge in [-0.15, -0.1) is 0 Å². The van der Waals surface area contributed by atoms with Gasteiger partial charge >= 0.3 is 12.1 Å². The van der Waals surface area contributed by atoms with Gasteiger partial charge in [0.25, 0.3) is 0 Å². The summed E-state index contributed by atoms with van der Waals surface area (Å²) in [6.07, 6.45) is -3.87. The molecule has 0 saturated carbocycles. The molecule has 2 aliphatic heterocycles. The van der Waals surface area contributed by atoms with E-state index < -0.39 is 24.3 Å². The van der Waals surface area contributed by atoms with Gasteiger partial charge in [0.1, 0.15) is 17.7 Å². The molecular formula is C32H33F4N7O3. The number of benzene rings is 2. The van der Waals surface area contributed by atoms with E-state index in [1.54, 1.807) is 44.3 Å². The fraction of sp³-hybridized carbons (Fsp3) is 0.375. The molecule has 2 atom stereocenters. The number of carboxylic acids is 1. The number of aryl methyl sites for hydroxylation is 2. The maximum absolute atomic E-state index is 14.8. The van der Waals surface area contributed by atoms with Crippen molar-refractivity contribution in [3.8, 4) is 22.7 Å². The summed E-state index contributed by atoms with van der Waals surface area (Å²) in [4.78, 5) is 21.6. The van der Waals surface area contributed by atoms with Crippen molar-refractivity contribution in [1.82, 2.24) is 25.1 Å². The smallest absolute Gasteiger partial charge is 0.429 e. The summed E-state index contributed by atoms with van der Waals surface area (Å²) in [5, 5.41) is 16.8. The molecule has 2 fully saturated rings. The predicted molar refractivity (Wildman–Crippen MR) is 162 cm³/mol. The van der Waals surface area contributed by atoms with Gasteiger partial charge in [0.05, 0.1) is 11.4 Å². The van der Waals surface area contributed by atoms with Gasteiger partial charge in [0.15, 0.2) is 0 Å². The van der Waals surface area contributed by atoms with E-state index in [1.807, 2.05) is 4.90 Å². The quantitative estimate of drug-likeness (QED) is 0.228. The summed E-state index contributed by atoms with van der Waals surface area (Å²) in [7, 11) is 0. The Balaban J connectivity index is 1.31. The molecule has 1 spiro atoms. The Hall–Kier alpha value is -4.72. The lowest BCUT2D eigenvalue weighted by molar-refractivity contribution is -0.198. The number of halogens is 4. The number of carboxylic acid groups (broad SMARTS) is 1. The van der Waals surface area contributed by atoms with Crippen molar-refractivity contribution in [3.05, 3.63) is 77.4 Å². The summed E-state index contributed by atoms with van der Waals surface area (Å²) in [5.41, 5.74) is 7.91. The molecule has 242 valence electrons. The van der Waals surface area contributed by atoms with E-state index in [1.165, 1.54) is 28.9 Å². The zero-order chi connectivity index (χ0) is 32.8. The Labute approximate surface area is 262 Å². The number of hydrogen-bond acceptors (Lipinski definition) is 8. The highest BCUT2D eigenvalue weighted by molar-refractivity contribution is 5.74. The fourth-order valence-corrected chi connectivity index (χ4v) is 6.28. The highest BCUT2D eigenvalue weighted by Crippen LogP contribution is 2.43. The number of aliphatic carboxylic acids is 1. The number of alkyl halides is 3. The number of aromatic nitrogens is 4. The molecule has 4 N–H and O–H groups in total. The SMILES string of the molecule is Cc1ccn(-c2cc(-c3ccc(F)c(C)c3)ccc2C(Oc2cc(N3CCC4(CC3)CN[C@H](C(=O)O)C4)nc(N)n2)C(F)(F)F)n1. The van der Waals surface area contributed by atoms with Gasteiger partial charge in [0.2, 0.25) is 17.9 Å². The van der Waals surface area contributed by atoms with Crippen molar-refractivity contribution in [1.29, 1.82) is 0 Å². The van der Waals surface area contributed by atoms with Crippen LogP contribution in [0.4, 0.5) is 29.3 Å². The van der Waals surface area contributed by atoms with E-state index in [0.717, 1.165) is 0 Å². The minimum Gasteiger partial charge on any atom is -0.480 e. The number of hydrogen-bond donors (Lipinski definition) is 3. The Kier molecular flexibility index (Phi) is 8.09. The number of rotatable bonds is 7. The fourth-order valence-electron chi connectivity index (χ4n) is 6.28. The Morgan fingerprint density at radius 2 is 1.80 bits per heavy atom. The van der Waals surface area contributed by atoms with E-state index >= 15 is 0 Å². The van der Waals surface area contributed by atoms with E-state index in [4.69, 9.17) is 10.5 Å². The van der Waals surface area contributed by atoms with Crippen LogP contribution in [0.2, 0.25) is 0 Å². The van der Waals surface area contributed by atoms with E-state index in [-0.39, 0.29) is 34.3 Å². The Morgan fingerprint density at radius 3 is 2.43 bits per heavy atom. The molecule has 6 rings (SSSR count). The molecule has 2 aromatic carbocycles. The number of ether oxygens (including phenoxy) is 1. The maximum Gasteiger partial charge on any atom is 0.429 e. The second-order valence-corrected chi connectivity index (χ2v) is 12.1. The van der Waals surface area contributed by atoms with E-state index in [0.29, 0.717) is 67.1 Å². The third-order valence-corrected chi connectivity index (χ3v) is 8.82. The molecule has 1 unspecified atom stereocenters. The van der Waals surface area contributed by atoms with Gasteiger partial charge in [0, 0.05) is 37.5 Å². The van der Waals surface area contributed by atoms with E-state index in [2.05, 4.69) is 20.4 Å². The number of nitrogens with zero attached hydrogens (tertiary/aromatic N) is 5. The van der Waals surface area contributed by atoms with Crippen molar-refractivity contribution in [2.75, 3.05) is 30.3 Å². The zero-order valence-electron chi connectivity index (χ0n) is 25.2. The first-order valence-electron chi connectivity index (χ1n) is 14.8. The van der Waals surface area contributed by atoms with Crippen LogP contribution in [-0.4, -0.2) is 62.7 Å². The average Bonchev–Trinajstić information content (AvgIpc) is 3.63. The molecule has 4 heterocycles. The minimum atomic E-state index is -4.86. The van der Waals surface area contributed by atoms with Crippen LogP contribution in [-0.2, 0) is 4.79 Å². The van der Waals surface area contributed by atoms with Crippen molar-refractivity contribution >= 4 is 17.7 Å². The second-order valence-electron chi connectivity index (χ2n) is 12.1. The molecular weight excluding hydrogens is 606 g/mol. The van der Waals surface area contributed by atoms with Crippen LogP contribution in [0.1, 0.15) is 42.2 Å². The van der Waals surface area contributed by atoms with Crippen molar-refractivity contribution in [3.63, 3.8) is 0 Å². The predicted octanol–water partition coefficient (Wildman–Crippen LogP) is 5.38. The number of nitrogen functional groups attached to an aromatic ring is 1. The van der Waals surface area contributed by atoms with Gasteiger partial charge in [-0.1, -0.05) is 18.2 Å². The van der Waals surface area contributed by atoms with Crippen LogP contribution < -0.4 is 20.7 Å². The number of nitrogens with one attached hydrogen (secondary N) is 1. The van der Waals surface area contributed by atoms with Crippen LogP contribution in [0.3, 0.4) is 0 Å². The van der Waals surface area contributed by atoms with Crippen LogP contribution in [0.25, 0.3) is 16.8 Å². The molecule has 2 saturated heterocycles. The van der Waals surface area contributed by atoms with Crippen LogP contribution in [0.5, 0.6) is 5.88 Å². The molecule has 0 aliphatic carbocycles. The summed E-state index contributed by atoms with van der Waals surface area (Å²) in [6, 6.07) is 11.3. The van der Waals surface area contributed by atoms with E-state index in [9.17, 15) is 27.5 Å². The molecule has 0 amide bonds. The van der Waals surface area contributed by atoms with Crippen LogP contribution in [0.15, 0.2) is 54.7 Å². The molecule has 2 aliphatic rings. The zero-order valence-corrected chi connectivity index (χ0v) is 25.2. The average molecular weight is 640 g/mol. The molecule has 14 heteroatoms. The van der Waals surface area contributed by atoms with Gasteiger partial charge in [-0.2, -0.15) is 28.2 Å². The minimum absolute atomic E-state index is 0.128. The van der Waals surface area contributed by atoms with Gasteiger partial charge in [-0.25, -0.2) is 9.07 Å². The monoisotopic (exact) mass is 639 g/mol. The molecule has 0 radical (unpaired) electrons. The normalized spacial score (nSPS) is 18.6. The first kappa shape index (κ1) is 31.3. The van der Waals surface area contributed by atoms with Crippen molar-refractivity contribution in [2.45, 2.75) is 51.4 Å². The third-order valence-electron chi connectivity index (χ3n) is 8.82. The van der Waals surface area contributed by atoms with Crippen molar-refractivity contribution in [2.24, 2.45) is 5.41 Å². The highest BCUT2D eigenvalue weighted by atomic mass is 19.4. The summed E-state index contributed by atoms with van der Waals surface area (Å²) in [5.74, 6) is -1.53. The number of anilines is 2. The molecule has 46 heavy (non-hydrogen) atoms. The number of nitrogens with two attached hydrogens (primary N) is 1. The standard InChI is InChI=1S/C32H33F4N7O3/c1-18-13-20(4-6-23(18)33)21-3-5-22(25(14-21)43-10-7-19(2)41-43)28(32(34,35)36)46-27-15-26(39-30(37)40-27)42-11-8-31(9-12-42)16-24(29(44)45)38-17-31/h3-7,10,13-15,24,28,38H,8-9,11-12,16-17H2,1-2H3,(H,44,45)(H2,37,39,40)/t24-,28?/m0/s1. The molecule has 2 aromatic heterocycles. The highest BCUT2D eigenvalue weighted by Gasteiger charge is 2.46. The first-order valence-corrected chi connectivity index (χ1v) is 14.8. The largest absolute Gasteiger partial charge is 0.480 e. The van der Waals surface area contributed by atoms with Gasteiger partial charge in [-0.3, -0.25) is 4.79 Å². The second kappa shape index (κ2) is 11.9. The Morgan fingerprint density at radius 1 is 1.09 bits per heavy atom. The molecule has 0 bridgehead atoms. The maximum atomic E-state index is 14.8. The summed E-state index contributed by atoms with van der Waals surface area (Å²) < 4.78 is 65.3. The first-order chi connectivity index (χ1) is 21.8. The summed E-state index contributed by atoms with van der Waals surface area (Å²) >= 11 is 0. The summed E-state index contributed by atoms with van der Waals surface area (Å²) in [6.45, 7) is 4.95.